The van der Waals surface area contributed by atoms with Crippen LogP contribution in [0.4, 0.5) is 5.69 Å². The number of anilines is 1. The molecule has 0 atom stereocenters. The van der Waals surface area contributed by atoms with Gasteiger partial charge in [-0.2, -0.15) is 0 Å². The summed E-state index contributed by atoms with van der Waals surface area (Å²) in [5.74, 6) is 0.250. The van der Waals surface area contributed by atoms with E-state index in [2.05, 4.69) is 21.2 Å². The van der Waals surface area contributed by atoms with E-state index in [4.69, 9.17) is 0 Å². The van der Waals surface area contributed by atoms with Gasteiger partial charge >= 0.3 is 0 Å². The van der Waals surface area contributed by atoms with E-state index in [1.807, 2.05) is 0 Å². The molecule has 0 aliphatic heterocycles. The van der Waals surface area contributed by atoms with Crippen LogP contribution in [0.2, 0.25) is 0 Å². The quantitative estimate of drug-likeness (QED) is 0.795. The molecule has 1 aliphatic carbocycles. The van der Waals surface area contributed by atoms with Gasteiger partial charge in [0.1, 0.15) is 6.54 Å². The van der Waals surface area contributed by atoms with Crippen molar-refractivity contribution < 1.29 is 13.2 Å². The molecule has 0 unspecified atom stereocenters. The second-order valence-electron chi connectivity index (χ2n) is 6.03. The van der Waals surface area contributed by atoms with Gasteiger partial charge in [0.15, 0.2) is 0 Å². The summed E-state index contributed by atoms with van der Waals surface area (Å²) in [7, 11) is -3.54. The Bertz CT molecular complexity index is 642. The van der Waals surface area contributed by atoms with Gasteiger partial charge < -0.3 is 5.32 Å². The zero-order valence-corrected chi connectivity index (χ0v) is 15.7. The summed E-state index contributed by atoms with van der Waals surface area (Å²) in [6, 6.07) is 6.99. The number of carbonyl (C=O) groups is 1. The lowest BCUT2D eigenvalue weighted by Crippen LogP contribution is -2.42. The molecule has 1 aromatic rings. The van der Waals surface area contributed by atoms with Crippen molar-refractivity contribution in [2.75, 3.05) is 23.7 Å². The van der Waals surface area contributed by atoms with Crippen LogP contribution in [0, 0.1) is 5.92 Å². The van der Waals surface area contributed by atoms with Gasteiger partial charge in [-0.15, -0.1) is 0 Å². The number of rotatable bonds is 6. The fourth-order valence-electron chi connectivity index (χ4n) is 2.87. The second kappa shape index (κ2) is 8.15. The molecule has 1 N–H and O–H groups in total. The van der Waals surface area contributed by atoms with E-state index in [1.54, 1.807) is 24.3 Å². The molecular formula is C16H23BrN2O3S. The third-order valence-corrected chi connectivity index (χ3v) is 5.92. The van der Waals surface area contributed by atoms with Crippen LogP contribution in [0.25, 0.3) is 0 Å². The van der Waals surface area contributed by atoms with Crippen LogP contribution < -0.4 is 9.62 Å². The monoisotopic (exact) mass is 402 g/mol. The fourth-order valence-corrected chi connectivity index (χ4v) is 4.36. The lowest BCUT2D eigenvalue weighted by atomic mass is 9.89. The average Bonchev–Trinajstić information content (AvgIpc) is 2.51. The molecule has 0 radical (unpaired) electrons. The first-order valence-corrected chi connectivity index (χ1v) is 10.5. The van der Waals surface area contributed by atoms with Crippen molar-refractivity contribution >= 4 is 37.5 Å². The van der Waals surface area contributed by atoms with Crippen LogP contribution in [0.3, 0.4) is 0 Å². The van der Waals surface area contributed by atoms with Gasteiger partial charge in [0.25, 0.3) is 0 Å². The molecule has 0 heterocycles. The minimum atomic E-state index is -3.54. The van der Waals surface area contributed by atoms with Crippen molar-refractivity contribution in [1.82, 2.24) is 5.32 Å². The molecule has 0 bridgehead atoms. The SMILES string of the molecule is CS(=O)(=O)N(CC(=O)NCC1CCCCC1)c1ccccc1Br. The molecule has 1 aromatic carbocycles. The van der Waals surface area contributed by atoms with Crippen LogP contribution in [0.15, 0.2) is 28.7 Å². The van der Waals surface area contributed by atoms with E-state index >= 15 is 0 Å². The number of sulfonamides is 1. The van der Waals surface area contributed by atoms with Crippen molar-refractivity contribution in [3.8, 4) is 0 Å². The predicted octanol–water partition coefficient (Wildman–Crippen LogP) is 2.91. The lowest BCUT2D eigenvalue weighted by Gasteiger charge is -2.25. The first kappa shape index (κ1) is 18.3. The van der Waals surface area contributed by atoms with Crippen molar-refractivity contribution in [2.24, 2.45) is 5.92 Å². The summed E-state index contributed by atoms with van der Waals surface area (Å²) >= 11 is 3.34. The molecule has 2 rings (SSSR count). The summed E-state index contributed by atoms with van der Waals surface area (Å²) in [5, 5.41) is 2.88. The van der Waals surface area contributed by atoms with Crippen molar-refractivity contribution in [2.45, 2.75) is 32.1 Å². The number of nitrogens with zero attached hydrogens (tertiary/aromatic N) is 1. The lowest BCUT2D eigenvalue weighted by molar-refractivity contribution is -0.119. The van der Waals surface area contributed by atoms with Gasteiger partial charge in [0, 0.05) is 11.0 Å². The number of para-hydroxylation sites is 1. The van der Waals surface area contributed by atoms with Gasteiger partial charge in [-0.05, 0) is 46.8 Å². The van der Waals surface area contributed by atoms with E-state index in [1.165, 1.54) is 19.3 Å². The number of amides is 1. The number of hydrogen-bond acceptors (Lipinski definition) is 3. The zero-order valence-electron chi connectivity index (χ0n) is 13.3. The van der Waals surface area contributed by atoms with E-state index < -0.39 is 10.0 Å². The third kappa shape index (κ3) is 5.49. The summed E-state index contributed by atoms with van der Waals surface area (Å²) in [5.41, 5.74) is 0.475. The third-order valence-electron chi connectivity index (χ3n) is 4.12. The molecule has 5 nitrogen and oxygen atoms in total. The van der Waals surface area contributed by atoms with Gasteiger partial charge in [0.2, 0.25) is 15.9 Å². The van der Waals surface area contributed by atoms with E-state index in [0.29, 0.717) is 22.6 Å². The van der Waals surface area contributed by atoms with Crippen molar-refractivity contribution in [1.29, 1.82) is 0 Å². The van der Waals surface area contributed by atoms with Gasteiger partial charge in [0.05, 0.1) is 11.9 Å². The minimum Gasteiger partial charge on any atom is -0.354 e. The molecule has 1 fully saturated rings. The first-order valence-electron chi connectivity index (χ1n) is 7.87. The topological polar surface area (TPSA) is 66.5 Å². The molecule has 1 aliphatic rings. The number of carbonyl (C=O) groups excluding carboxylic acids is 1. The summed E-state index contributed by atoms with van der Waals surface area (Å²) in [4.78, 5) is 12.2. The Morgan fingerprint density at radius 3 is 2.52 bits per heavy atom. The highest BCUT2D eigenvalue weighted by atomic mass is 79.9. The maximum Gasteiger partial charge on any atom is 0.240 e. The summed E-state index contributed by atoms with van der Waals surface area (Å²) < 4.78 is 25.9. The van der Waals surface area contributed by atoms with Crippen LogP contribution in [-0.2, 0) is 14.8 Å². The van der Waals surface area contributed by atoms with Gasteiger partial charge in [-0.1, -0.05) is 31.4 Å². The Morgan fingerprint density at radius 1 is 1.26 bits per heavy atom. The van der Waals surface area contributed by atoms with E-state index in [9.17, 15) is 13.2 Å². The van der Waals surface area contributed by atoms with Crippen molar-refractivity contribution in [3.63, 3.8) is 0 Å². The molecule has 0 aromatic heterocycles. The zero-order chi connectivity index (χ0) is 16.9. The Morgan fingerprint density at radius 2 is 1.91 bits per heavy atom. The predicted molar refractivity (Wildman–Crippen MR) is 95.9 cm³/mol. The Labute approximate surface area is 146 Å². The van der Waals surface area contributed by atoms with Gasteiger partial charge in [-0.25, -0.2) is 8.42 Å². The Hall–Kier alpha value is -1.08. The van der Waals surface area contributed by atoms with Crippen LogP contribution in [-0.4, -0.2) is 33.7 Å². The number of hydrogen-bond donors (Lipinski definition) is 1. The number of nitrogens with one attached hydrogen (secondary N) is 1. The van der Waals surface area contributed by atoms with Crippen LogP contribution in [0.5, 0.6) is 0 Å². The molecule has 0 saturated heterocycles. The van der Waals surface area contributed by atoms with Crippen molar-refractivity contribution in [3.05, 3.63) is 28.7 Å². The molecule has 0 spiro atoms. The summed E-state index contributed by atoms with van der Waals surface area (Å²) in [6.07, 6.45) is 7.09. The van der Waals surface area contributed by atoms with Gasteiger partial charge in [-0.3, -0.25) is 9.10 Å². The molecule has 128 valence electrons. The number of halogens is 1. The van der Waals surface area contributed by atoms with Crippen LogP contribution >= 0.6 is 15.9 Å². The van der Waals surface area contributed by atoms with E-state index in [-0.39, 0.29) is 12.5 Å². The molecule has 7 heteroatoms. The minimum absolute atomic E-state index is 0.200. The first-order chi connectivity index (χ1) is 10.9. The maximum absolute atomic E-state index is 12.2. The number of benzene rings is 1. The summed E-state index contributed by atoms with van der Waals surface area (Å²) in [6.45, 7) is 0.431. The highest BCUT2D eigenvalue weighted by Gasteiger charge is 2.23. The normalized spacial score (nSPS) is 16.1. The molecule has 23 heavy (non-hydrogen) atoms. The fraction of sp³-hybridized carbons (Fsp3) is 0.562. The average molecular weight is 403 g/mol. The maximum atomic E-state index is 12.2. The largest absolute Gasteiger partial charge is 0.354 e. The van der Waals surface area contributed by atoms with E-state index in [0.717, 1.165) is 23.4 Å². The standard InChI is InChI=1S/C16H23BrN2O3S/c1-23(21,22)19(15-10-6-5-9-14(15)17)12-16(20)18-11-13-7-3-2-4-8-13/h5-6,9-10,13H,2-4,7-8,11-12H2,1H3,(H,18,20). The molecular weight excluding hydrogens is 380 g/mol. The highest BCUT2D eigenvalue weighted by Crippen LogP contribution is 2.27. The Kier molecular flexibility index (Phi) is 6.47. The molecule has 1 amide bonds. The second-order valence-corrected chi connectivity index (χ2v) is 8.79. The van der Waals surface area contributed by atoms with Crippen LogP contribution in [0.1, 0.15) is 32.1 Å². The smallest absolute Gasteiger partial charge is 0.240 e. The highest BCUT2D eigenvalue weighted by molar-refractivity contribution is 9.10. The molecule has 1 saturated carbocycles. The Balaban J connectivity index is 2.01.